The first-order valence-corrected chi connectivity index (χ1v) is 8.99. The zero-order valence-corrected chi connectivity index (χ0v) is 15.5. The van der Waals surface area contributed by atoms with E-state index in [2.05, 4.69) is 20.6 Å². The summed E-state index contributed by atoms with van der Waals surface area (Å²) in [5.41, 5.74) is 1.91. The predicted molar refractivity (Wildman–Crippen MR) is 106 cm³/mol. The molecule has 2 aromatic carbocycles. The number of aromatic nitrogens is 2. The Labute approximate surface area is 162 Å². The minimum Gasteiger partial charge on any atom is -0.494 e. The lowest BCUT2D eigenvalue weighted by Gasteiger charge is -2.08. The first kappa shape index (κ1) is 19.3. The van der Waals surface area contributed by atoms with Crippen LogP contribution >= 0.6 is 0 Å². The van der Waals surface area contributed by atoms with Crippen LogP contribution in [0.1, 0.15) is 23.0 Å². The van der Waals surface area contributed by atoms with Crippen molar-refractivity contribution in [3.05, 3.63) is 77.9 Å². The van der Waals surface area contributed by atoms with Crippen molar-refractivity contribution in [2.75, 3.05) is 23.8 Å². The Hall–Kier alpha value is -3.48. The molecule has 6 nitrogen and oxygen atoms in total. The number of rotatable bonds is 8. The lowest BCUT2D eigenvalue weighted by atomic mass is 10.1. The minimum absolute atomic E-state index is 0.258. The second-order valence-corrected chi connectivity index (χ2v) is 5.98. The number of amides is 1. The number of anilines is 2. The average Bonchev–Trinajstić information content (AvgIpc) is 2.71. The third kappa shape index (κ3) is 5.51. The van der Waals surface area contributed by atoms with Crippen LogP contribution in [0.4, 0.5) is 16.0 Å². The van der Waals surface area contributed by atoms with Crippen molar-refractivity contribution in [2.45, 2.75) is 13.3 Å². The number of hydrogen-bond acceptors (Lipinski definition) is 5. The summed E-state index contributed by atoms with van der Waals surface area (Å²) >= 11 is 0. The minimum atomic E-state index is -0.326. The van der Waals surface area contributed by atoms with Gasteiger partial charge < -0.3 is 15.4 Å². The predicted octanol–water partition coefficient (Wildman–Crippen LogP) is 3.92. The van der Waals surface area contributed by atoms with E-state index < -0.39 is 0 Å². The Balaban J connectivity index is 1.55. The fourth-order valence-electron chi connectivity index (χ4n) is 2.54. The molecule has 0 unspecified atom stereocenters. The van der Waals surface area contributed by atoms with Crippen molar-refractivity contribution < 1.29 is 13.9 Å². The van der Waals surface area contributed by atoms with Crippen molar-refractivity contribution >= 4 is 17.5 Å². The molecule has 0 bridgehead atoms. The number of ether oxygens (including phenoxy) is 1. The summed E-state index contributed by atoms with van der Waals surface area (Å²) in [4.78, 5) is 20.8. The van der Waals surface area contributed by atoms with Crippen LogP contribution in [0.15, 0.2) is 60.8 Å². The van der Waals surface area contributed by atoms with Crippen molar-refractivity contribution in [3.8, 4) is 5.75 Å². The molecule has 0 radical (unpaired) electrons. The van der Waals surface area contributed by atoms with Crippen LogP contribution in [-0.2, 0) is 6.42 Å². The molecule has 0 saturated carbocycles. The maximum absolute atomic E-state index is 12.9. The number of nitrogens with zero attached hydrogens (tertiary/aromatic N) is 2. The molecule has 0 spiro atoms. The van der Waals surface area contributed by atoms with Gasteiger partial charge in [0.05, 0.1) is 6.61 Å². The molecule has 1 aromatic heterocycles. The van der Waals surface area contributed by atoms with Gasteiger partial charge in [-0.15, -0.1) is 0 Å². The van der Waals surface area contributed by atoms with Crippen LogP contribution in [-0.4, -0.2) is 29.0 Å². The summed E-state index contributed by atoms with van der Waals surface area (Å²) in [6, 6.07) is 15.0. The van der Waals surface area contributed by atoms with Crippen molar-refractivity contribution in [1.82, 2.24) is 9.97 Å². The lowest BCUT2D eigenvalue weighted by Crippen LogP contribution is -2.16. The molecule has 0 aliphatic carbocycles. The maximum atomic E-state index is 12.9. The Kier molecular flexibility index (Phi) is 6.51. The highest BCUT2D eigenvalue weighted by Crippen LogP contribution is 2.16. The van der Waals surface area contributed by atoms with E-state index in [9.17, 15) is 9.18 Å². The Morgan fingerprint density at radius 3 is 2.54 bits per heavy atom. The smallest absolute Gasteiger partial charge is 0.274 e. The molecular formula is C21H21FN4O2. The Morgan fingerprint density at radius 2 is 1.82 bits per heavy atom. The summed E-state index contributed by atoms with van der Waals surface area (Å²) < 4.78 is 18.3. The standard InChI is InChI=1S/C21H21FN4O2/c1-2-28-18-9-7-17(8-10-18)25-20(27)19-12-14-24-21(26-19)23-13-11-15-3-5-16(22)6-4-15/h3-10,12,14H,2,11,13H2,1H3,(H,25,27)(H,23,24,26). The zero-order chi connectivity index (χ0) is 19.8. The number of halogens is 1. The number of carbonyl (C=O) groups is 1. The van der Waals surface area contributed by atoms with E-state index in [4.69, 9.17) is 4.74 Å². The fourth-order valence-corrected chi connectivity index (χ4v) is 2.54. The largest absolute Gasteiger partial charge is 0.494 e. The molecule has 144 valence electrons. The number of carbonyl (C=O) groups excluding carboxylic acids is 1. The van der Waals surface area contributed by atoms with Crippen LogP contribution in [0.2, 0.25) is 0 Å². The summed E-state index contributed by atoms with van der Waals surface area (Å²) in [6.45, 7) is 3.06. The highest BCUT2D eigenvalue weighted by molar-refractivity contribution is 6.02. The summed E-state index contributed by atoms with van der Waals surface area (Å²) in [5, 5.41) is 5.87. The van der Waals surface area contributed by atoms with Crippen molar-refractivity contribution in [1.29, 1.82) is 0 Å². The van der Waals surface area contributed by atoms with Gasteiger partial charge in [0.25, 0.3) is 5.91 Å². The quantitative estimate of drug-likeness (QED) is 0.619. The van der Waals surface area contributed by atoms with Gasteiger partial charge in [-0.3, -0.25) is 4.79 Å². The van der Waals surface area contributed by atoms with Crippen molar-refractivity contribution in [2.24, 2.45) is 0 Å². The summed E-state index contributed by atoms with van der Waals surface area (Å²) in [7, 11) is 0. The molecule has 28 heavy (non-hydrogen) atoms. The van der Waals surface area contributed by atoms with E-state index in [0.717, 1.165) is 11.3 Å². The number of hydrogen-bond donors (Lipinski definition) is 2. The normalized spacial score (nSPS) is 10.4. The molecule has 0 saturated heterocycles. The summed E-state index contributed by atoms with van der Waals surface area (Å²) in [6.07, 6.45) is 2.21. The van der Waals surface area contributed by atoms with Gasteiger partial charge in [0.2, 0.25) is 5.95 Å². The van der Waals surface area contributed by atoms with Gasteiger partial charge in [-0.25, -0.2) is 14.4 Å². The molecule has 1 amide bonds. The van der Waals surface area contributed by atoms with Crippen LogP contribution < -0.4 is 15.4 Å². The molecule has 0 fully saturated rings. The molecule has 3 aromatic rings. The van der Waals surface area contributed by atoms with Crippen molar-refractivity contribution in [3.63, 3.8) is 0 Å². The van der Waals surface area contributed by atoms with Gasteiger partial charge in [0, 0.05) is 18.4 Å². The average molecular weight is 380 g/mol. The van der Waals surface area contributed by atoms with Gasteiger partial charge in [0.15, 0.2) is 0 Å². The van der Waals surface area contributed by atoms with Gasteiger partial charge >= 0.3 is 0 Å². The van der Waals surface area contributed by atoms with Crippen LogP contribution in [0.3, 0.4) is 0 Å². The van der Waals surface area contributed by atoms with E-state index in [1.54, 1.807) is 42.5 Å². The fraction of sp³-hybridized carbons (Fsp3) is 0.190. The van der Waals surface area contributed by atoms with E-state index in [1.165, 1.54) is 18.3 Å². The Morgan fingerprint density at radius 1 is 1.07 bits per heavy atom. The lowest BCUT2D eigenvalue weighted by molar-refractivity contribution is 0.102. The van der Waals surface area contributed by atoms with Crippen LogP contribution in [0.25, 0.3) is 0 Å². The third-order valence-corrected chi connectivity index (χ3v) is 3.92. The molecule has 0 aliphatic heterocycles. The maximum Gasteiger partial charge on any atom is 0.274 e. The second kappa shape index (κ2) is 9.45. The Bertz CT molecular complexity index is 914. The van der Waals surface area contributed by atoms with E-state index >= 15 is 0 Å². The second-order valence-electron chi connectivity index (χ2n) is 5.98. The topological polar surface area (TPSA) is 76.1 Å². The SMILES string of the molecule is CCOc1ccc(NC(=O)c2ccnc(NCCc3ccc(F)cc3)n2)cc1. The van der Waals surface area contributed by atoms with E-state index in [-0.39, 0.29) is 17.4 Å². The third-order valence-electron chi connectivity index (χ3n) is 3.92. The highest BCUT2D eigenvalue weighted by Gasteiger charge is 2.09. The molecule has 0 atom stereocenters. The zero-order valence-electron chi connectivity index (χ0n) is 15.5. The van der Waals surface area contributed by atoms with E-state index in [1.807, 2.05) is 6.92 Å². The monoisotopic (exact) mass is 380 g/mol. The summed E-state index contributed by atoms with van der Waals surface area (Å²) in [5.74, 6) is 0.524. The first-order valence-electron chi connectivity index (χ1n) is 8.99. The first-order chi connectivity index (χ1) is 13.6. The van der Waals surface area contributed by atoms with E-state index in [0.29, 0.717) is 31.2 Å². The van der Waals surface area contributed by atoms with Crippen LogP contribution in [0.5, 0.6) is 5.75 Å². The number of nitrogens with one attached hydrogen (secondary N) is 2. The molecule has 7 heteroatoms. The van der Waals surface area contributed by atoms with Gasteiger partial charge in [-0.1, -0.05) is 12.1 Å². The molecule has 0 aliphatic rings. The van der Waals surface area contributed by atoms with Crippen LogP contribution in [0, 0.1) is 5.82 Å². The van der Waals surface area contributed by atoms with Gasteiger partial charge in [-0.05, 0) is 61.4 Å². The molecular weight excluding hydrogens is 359 g/mol. The van der Waals surface area contributed by atoms with Gasteiger partial charge in [0.1, 0.15) is 17.3 Å². The molecule has 2 N–H and O–H groups in total. The van der Waals surface area contributed by atoms with Gasteiger partial charge in [-0.2, -0.15) is 0 Å². The highest BCUT2D eigenvalue weighted by atomic mass is 19.1. The molecule has 1 heterocycles. The molecule has 3 rings (SSSR count). The number of benzene rings is 2.